The van der Waals surface area contributed by atoms with Crippen LogP contribution in [0.5, 0.6) is 0 Å². The highest BCUT2D eigenvalue weighted by molar-refractivity contribution is 7.12. The van der Waals surface area contributed by atoms with E-state index in [1.54, 1.807) is 22.7 Å². The first kappa shape index (κ1) is 17.7. The van der Waals surface area contributed by atoms with Crippen molar-refractivity contribution in [3.63, 3.8) is 0 Å². The predicted molar refractivity (Wildman–Crippen MR) is 92.7 cm³/mol. The molecule has 2 aromatic rings. The molecular formula is C17H20O4S2. The molecule has 0 aromatic carbocycles. The van der Waals surface area contributed by atoms with Crippen molar-refractivity contribution in [2.45, 2.75) is 44.9 Å². The lowest BCUT2D eigenvalue weighted by atomic mass is 9.84. The topological polar surface area (TPSA) is 74.6 Å². The second-order valence-electron chi connectivity index (χ2n) is 5.96. The van der Waals surface area contributed by atoms with E-state index in [1.165, 1.54) is 0 Å². The van der Waals surface area contributed by atoms with E-state index in [9.17, 15) is 9.59 Å². The monoisotopic (exact) mass is 352 g/mol. The molecule has 23 heavy (non-hydrogen) atoms. The molecule has 0 unspecified atom stereocenters. The molecule has 0 fully saturated rings. The third kappa shape index (κ3) is 4.20. The van der Waals surface area contributed by atoms with E-state index in [1.807, 2.05) is 22.9 Å². The SMILES string of the molecule is CC(C)(c1sccc1CCC(=O)O)c1sccc1CCC(=O)O. The molecule has 0 radical (unpaired) electrons. The molecule has 0 saturated heterocycles. The molecule has 0 aliphatic rings. The molecule has 0 amide bonds. The van der Waals surface area contributed by atoms with E-state index < -0.39 is 11.9 Å². The number of aliphatic carboxylic acids is 2. The number of carboxylic acid groups (broad SMARTS) is 2. The maximum Gasteiger partial charge on any atom is 0.303 e. The summed E-state index contributed by atoms with van der Waals surface area (Å²) in [6.45, 7) is 4.25. The van der Waals surface area contributed by atoms with Gasteiger partial charge in [0.05, 0.1) is 0 Å². The highest BCUT2D eigenvalue weighted by Crippen LogP contribution is 2.41. The number of carbonyl (C=O) groups is 2. The van der Waals surface area contributed by atoms with Crippen LogP contribution in [0.2, 0.25) is 0 Å². The fourth-order valence-electron chi connectivity index (χ4n) is 2.75. The van der Waals surface area contributed by atoms with Gasteiger partial charge in [-0.3, -0.25) is 9.59 Å². The normalized spacial score (nSPS) is 11.6. The van der Waals surface area contributed by atoms with Crippen LogP contribution >= 0.6 is 22.7 Å². The number of hydrogen-bond acceptors (Lipinski definition) is 4. The summed E-state index contributed by atoms with van der Waals surface area (Å²) in [5, 5.41) is 21.8. The Labute approximate surface area is 143 Å². The largest absolute Gasteiger partial charge is 0.481 e. The van der Waals surface area contributed by atoms with Crippen LogP contribution in [0, 0.1) is 0 Å². The van der Waals surface area contributed by atoms with Gasteiger partial charge in [0.1, 0.15) is 0 Å². The number of thiophene rings is 2. The van der Waals surface area contributed by atoms with Gasteiger partial charge in [0.2, 0.25) is 0 Å². The van der Waals surface area contributed by atoms with E-state index in [0.717, 1.165) is 20.9 Å². The van der Waals surface area contributed by atoms with Crippen LogP contribution in [-0.4, -0.2) is 22.2 Å². The maximum atomic E-state index is 10.8. The van der Waals surface area contributed by atoms with Crippen LogP contribution < -0.4 is 0 Å². The quantitative estimate of drug-likeness (QED) is 0.748. The molecule has 0 aliphatic heterocycles. The summed E-state index contributed by atoms with van der Waals surface area (Å²) in [5.41, 5.74) is 1.89. The lowest BCUT2D eigenvalue weighted by Crippen LogP contribution is -2.20. The minimum atomic E-state index is -0.793. The summed E-state index contributed by atoms with van der Waals surface area (Å²) in [6.07, 6.45) is 1.28. The van der Waals surface area contributed by atoms with E-state index in [0.29, 0.717) is 12.8 Å². The van der Waals surface area contributed by atoms with Crippen molar-refractivity contribution >= 4 is 34.6 Å². The highest BCUT2D eigenvalue weighted by Gasteiger charge is 2.30. The van der Waals surface area contributed by atoms with E-state index in [-0.39, 0.29) is 18.3 Å². The third-order valence-corrected chi connectivity index (χ3v) is 6.41. The molecule has 0 spiro atoms. The molecule has 0 aliphatic carbocycles. The van der Waals surface area contributed by atoms with Crippen molar-refractivity contribution in [1.82, 2.24) is 0 Å². The smallest absolute Gasteiger partial charge is 0.303 e. The summed E-state index contributed by atoms with van der Waals surface area (Å²) in [7, 11) is 0. The zero-order valence-electron chi connectivity index (χ0n) is 13.2. The second-order valence-corrected chi connectivity index (χ2v) is 7.79. The fraction of sp³-hybridized carbons (Fsp3) is 0.412. The van der Waals surface area contributed by atoms with Crippen molar-refractivity contribution in [2.75, 3.05) is 0 Å². The maximum absolute atomic E-state index is 10.8. The van der Waals surface area contributed by atoms with Gasteiger partial charge < -0.3 is 10.2 Å². The molecule has 124 valence electrons. The van der Waals surface area contributed by atoms with Crippen LogP contribution in [0.15, 0.2) is 22.9 Å². The Morgan fingerprint density at radius 2 is 1.30 bits per heavy atom. The lowest BCUT2D eigenvalue weighted by molar-refractivity contribution is -0.138. The number of carboxylic acids is 2. The first-order chi connectivity index (χ1) is 10.8. The number of hydrogen-bond donors (Lipinski definition) is 2. The summed E-state index contributed by atoms with van der Waals surface area (Å²) in [6, 6.07) is 3.99. The number of rotatable bonds is 8. The van der Waals surface area contributed by atoms with Crippen molar-refractivity contribution < 1.29 is 19.8 Å². The fourth-order valence-corrected chi connectivity index (χ4v) is 4.99. The Hall–Kier alpha value is -1.66. The highest BCUT2D eigenvalue weighted by atomic mass is 32.1. The third-order valence-electron chi connectivity index (χ3n) is 3.85. The molecule has 0 saturated carbocycles. The van der Waals surface area contributed by atoms with Gasteiger partial charge >= 0.3 is 11.9 Å². The van der Waals surface area contributed by atoms with Crippen molar-refractivity contribution in [2.24, 2.45) is 0 Å². The Balaban J connectivity index is 2.28. The molecule has 2 heterocycles. The first-order valence-electron chi connectivity index (χ1n) is 7.39. The Morgan fingerprint density at radius 1 is 0.913 bits per heavy atom. The summed E-state index contributed by atoms with van der Waals surface area (Å²) in [5.74, 6) is -1.59. The van der Waals surface area contributed by atoms with Crippen molar-refractivity contribution in [3.8, 4) is 0 Å². The minimum absolute atomic E-state index is 0.121. The van der Waals surface area contributed by atoms with Gasteiger partial charge in [0.15, 0.2) is 0 Å². The summed E-state index contributed by atoms with van der Waals surface area (Å²) >= 11 is 3.27. The number of aryl methyl sites for hydroxylation is 2. The van der Waals surface area contributed by atoms with Gasteiger partial charge in [-0.05, 0) is 46.9 Å². The zero-order chi connectivity index (χ0) is 17.0. The molecule has 2 rings (SSSR count). The molecule has 2 aromatic heterocycles. The molecule has 6 heteroatoms. The summed E-state index contributed by atoms with van der Waals surface area (Å²) < 4.78 is 0. The van der Waals surface area contributed by atoms with Gasteiger partial charge in [-0.1, -0.05) is 13.8 Å². The average Bonchev–Trinajstić information content (AvgIpc) is 3.12. The van der Waals surface area contributed by atoms with Crippen LogP contribution in [0.4, 0.5) is 0 Å². The standard InChI is InChI=1S/C17H20O4S2/c1-17(2,15-11(7-9-22-15)3-5-13(18)19)16-12(8-10-23-16)4-6-14(20)21/h7-10H,3-6H2,1-2H3,(H,18,19)(H,20,21). The van der Waals surface area contributed by atoms with Gasteiger partial charge in [0, 0.05) is 28.0 Å². The Kier molecular flexibility index (Phi) is 5.59. The minimum Gasteiger partial charge on any atom is -0.481 e. The van der Waals surface area contributed by atoms with Crippen molar-refractivity contribution in [1.29, 1.82) is 0 Å². The van der Waals surface area contributed by atoms with Gasteiger partial charge in [-0.25, -0.2) is 0 Å². The van der Waals surface area contributed by atoms with Crippen LogP contribution in [0.1, 0.15) is 47.6 Å². The lowest BCUT2D eigenvalue weighted by Gasteiger charge is -2.26. The van der Waals surface area contributed by atoms with E-state index >= 15 is 0 Å². The van der Waals surface area contributed by atoms with E-state index in [4.69, 9.17) is 10.2 Å². The zero-order valence-corrected chi connectivity index (χ0v) is 14.8. The van der Waals surface area contributed by atoms with Crippen molar-refractivity contribution in [3.05, 3.63) is 43.8 Å². The first-order valence-corrected chi connectivity index (χ1v) is 9.15. The average molecular weight is 352 g/mol. The molecule has 0 atom stereocenters. The molecular weight excluding hydrogens is 332 g/mol. The second kappa shape index (κ2) is 7.27. The van der Waals surface area contributed by atoms with E-state index in [2.05, 4.69) is 13.8 Å². The van der Waals surface area contributed by atoms with Gasteiger partial charge in [0.25, 0.3) is 0 Å². The van der Waals surface area contributed by atoms with Gasteiger partial charge in [-0.15, -0.1) is 22.7 Å². The van der Waals surface area contributed by atoms with Crippen LogP contribution in [0.25, 0.3) is 0 Å². The molecule has 0 bridgehead atoms. The Morgan fingerprint density at radius 3 is 1.65 bits per heavy atom. The predicted octanol–water partition coefficient (Wildman–Crippen LogP) is 4.17. The molecule has 4 nitrogen and oxygen atoms in total. The van der Waals surface area contributed by atoms with Gasteiger partial charge in [-0.2, -0.15) is 0 Å². The Bertz CT molecular complexity index is 639. The van der Waals surface area contributed by atoms with Crippen LogP contribution in [-0.2, 0) is 27.8 Å². The molecule has 2 N–H and O–H groups in total. The summed E-state index contributed by atoms with van der Waals surface area (Å²) in [4.78, 5) is 24.0. The van der Waals surface area contributed by atoms with Crippen LogP contribution in [0.3, 0.4) is 0 Å².